The van der Waals surface area contributed by atoms with Gasteiger partial charge in [0.2, 0.25) is 5.78 Å². The highest BCUT2D eigenvalue weighted by Crippen LogP contribution is 2.35. The number of ether oxygens (including phenoxy) is 5. The number of aryl methyl sites for hydroxylation is 1. The van der Waals surface area contributed by atoms with Crippen molar-refractivity contribution in [2.24, 2.45) is 0 Å². The summed E-state index contributed by atoms with van der Waals surface area (Å²) in [6, 6.07) is 11.3. The molecule has 1 aliphatic heterocycles. The number of nitro groups is 1. The van der Waals surface area contributed by atoms with Crippen LogP contribution in [0.2, 0.25) is 0 Å². The van der Waals surface area contributed by atoms with E-state index in [9.17, 15) is 19.7 Å². The van der Waals surface area contributed by atoms with Crippen LogP contribution in [0.5, 0.6) is 23.0 Å². The van der Waals surface area contributed by atoms with Crippen LogP contribution in [-0.2, 0) is 11.3 Å². The number of rotatable bonds is 9. The molecule has 0 N–H and O–H groups in total. The number of para-hydroxylation sites is 2. The number of Topliss-reactive ketones (excluding diaryl/α,β-unsaturated/α-hetero) is 1. The first kappa shape index (κ1) is 25.5. The zero-order valence-corrected chi connectivity index (χ0v) is 20.8. The zero-order valence-electron chi connectivity index (χ0n) is 20.8. The first-order valence-corrected chi connectivity index (χ1v) is 11.4. The topological polar surface area (TPSA) is 128 Å². The first-order chi connectivity index (χ1) is 17.7. The number of nitro benzene ring substituents is 1. The Hall–Kier alpha value is -4.54. The van der Waals surface area contributed by atoms with E-state index in [1.807, 2.05) is 35.8 Å². The minimum atomic E-state index is -1.03. The van der Waals surface area contributed by atoms with Crippen molar-refractivity contribution >= 4 is 17.4 Å². The molecule has 2 heterocycles. The molecule has 2 aromatic carbocycles. The molecule has 0 radical (unpaired) electrons. The number of benzene rings is 2. The quantitative estimate of drug-likeness (QED) is 0.182. The van der Waals surface area contributed by atoms with Gasteiger partial charge in [0.25, 0.3) is 5.69 Å². The molecule has 37 heavy (non-hydrogen) atoms. The molecular formula is C26H26N2O9. The van der Waals surface area contributed by atoms with Gasteiger partial charge in [0.05, 0.1) is 31.8 Å². The minimum Gasteiger partial charge on any atom is -0.493 e. The van der Waals surface area contributed by atoms with E-state index in [0.717, 1.165) is 17.8 Å². The summed E-state index contributed by atoms with van der Waals surface area (Å²) in [5.41, 5.74) is 1.01. The summed E-state index contributed by atoms with van der Waals surface area (Å²) in [7, 11) is 2.66. The van der Waals surface area contributed by atoms with Gasteiger partial charge >= 0.3 is 5.97 Å². The molecule has 1 atom stereocenters. The van der Waals surface area contributed by atoms with Crippen molar-refractivity contribution in [3.63, 3.8) is 0 Å². The molecule has 0 unspecified atom stereocenters. The van der Waals surface area contributed by atoms with Gasteiger partial charge in [-0.1, -0.05) is 12.1 Å². The van der Waals surface area contributed by atoms with Crippen LogP contribution in [-0.4, -0.2) is 54.8 Å². The van der Waals surface area contributed by atoms with Crippen LogP contribution in [0.15, 0.2) is 42.5 Å². The van der Waals surface area contributed by atoms with Gasteiger partial charge in [0, 0.05) is 23.0 Å². The molecule has 1 aliphatic rings. The van der Waals surface area contributed by atoms with Crippen molar-refractivity contribution in [1.82, 2.24) is 4.57 Å². The standard InChI is InChI=1S/C26H26N2O9/c1-15-9-18(16(2)27(15)12-17-13-35-22-7-5-6-8-23(22)37-17)21(29)14-36-26(30)19-10-24(33-3)25(34-4)11-20(19)28(31)32/h5-11,17H,12-14H2,1-4H3/t17-/m1/s1. The summed E-state index contributed by atoms with van der Waals surface area (Å²) in [5.74, 6) is 0.0838. The number of esters is 1. The van der Waals surface area contributed by atoms with Crippen molar-refractivity contribution in [1.29, 1.82) is 0 Å². The largest absolute Gasteiger partial charge is 0.493 e. The molecule has 0 amide bonds. The van der Waals surface area contributed by atoms with E-state index in [2.05, 4.69) is 0 Å². The highest BCUT2D eigenvalue weighted by molar-refractivity contribution is 6.01. The van der Waals surface area contributed by atoms with E-state index in [0.29, 0.717) is 35.9 Å². The van der Waals surface area contributed by atoms with Crippen LogP contribution in [0.3, 0.4) is 0 Å². The van der Waals surface area contributed by atoms with E-state index < -0.39 is 29.0 Å². The van der Waals surface area contributed by atoms with Gasteiger partial charge in [-0.25, -0.2) is 4.79 Å². The molecule has 194 valence electrons. The van der Waals surface area contributed by atoms with Crippen molar-refractivity contribution in [2.45, 2.75) is 26.5 Å². The van der Waals surface area contributed by atoms with E-state index in [1.54, 1.807) is 13.0 Å². The summed E-state index contributed by atoms with van der Waals surface area (Å²) >= 11 is 0. The Kier molecular flexibility index (Phi) is 7.32. The molecule has 0 saturated heterocycles. The SMILES string of the molecule is COc1cc(C(=O)OCC(=O)c2cc(C)n(C[C@@H]3COc4ccccc4O3)c2C)c([N+](=O)[O-])cc1OC. The summed E-state index contributed by atoms with van der Waals surface area (Å²) in [5, 5.41) is 11.5. The second kappa shape index (κ2) is 10.6. The summed E-state index contributed by atoms with van der Waals surface area (Å²) in [6.07, 6.45) is -0.258. The number of carbonyl (C=O) groups excluding carboxylic acids is 2. The highest BCUT2D eigenvalue weighted by Gasteiger charge is 2.28. The van der Waals surface area contributed by atoms with Crippen LogP contribution >= 0.6 is 0 Å². The molecule has 0 saturated carbocycles. The third-order valence-corrected chi connectivity index (χ3v) is 6.08. The smallest absolute Gasteiger partial charge is 0.345 e. The molecule has 0 bridgehead atoms. The van der Waals surface area contributed by atoms with E-state index >= 15 is 0 Å². The maximum Gasteiger partial charge on any atom is 0.345 e. The molecule has 0 spiro atoms. The molecule has 0 fully saturated rings. The van der Waals surface area contributed by atoms with Crippen LogP contribution in [0.25, 0.3) is 0 Å². The van der Waals surface area contributed by atoms with Gasteiger partial charge in [-0.15, -0.1) is 0 Å². The lowest BCUT2D eigenvalue weighted by Gasteiger charge is -2.27. The number of hydrogen-bond acceptors (Lipinski definition) is 9. The molecular weight excluding hydrogens is 484 g/mol. The Morgan fingerprint density at radius 1 is 1.05 bits per heavy atom. The van der Waals surface area contributed by atoms with Crippen LogP contribution in [0.4, 0.5) is 5.69 Å². The summed E-state index contributed by atoms with van der Waals surface area (Å²) < 4.78 is 29.1. The van der Waals surface area contributed by atoms with E-state index in [4.69, 9.17) is 23.7 Å². The molecule has 11 nitrogen and oxygen atoms in total. The molecule has 4 rings (SSSR count). The number of ketones is 1. The Balaban J connectivity index is 1.46. The normalized spacial score (nSPS) is 14.1. The third-order valence-electron chi connectivity index (χ3n) is 6.08. The van der Waals surface area contributed by atoms with Gasteiger partial charge in [-0.05, 0) is 32.0 Å². The molecule has 3 aromatic rings. The van der Waals surface area contributed by atoms with E-state index in [-0.39, 0.29) is 23.2 Å². The monoisotopic (exact) mass is 510 g/mol. The molecule has 1 aromatic heterocycles. The maximum atomic E-state index is 12.9. The predicted octanol–water partition coefficient (Wildman–Crippen LogP) is 3.91. The van der Waals surface area contributed by atoms with Crippen molar-refractivity contribution in [2.75, 3.05) is 27.4 Å². The second-order valence-electron chi connectivity index (χ2n) is 8.37. The molecule has 0 aliphatic carbocycles. The number of aromatic nitrogens is 1. The van der Waals surface area contributed by atoms with Crippen molar-refractivity contribution in [3.05, 3.63) is 75.1 Å². The van der Waals surface area contributed by atoms with Gasteiger partial charge in [0.15, 0.2) is 35.7 Å². The number of methoxy groups -OCH3 is 2. The summed E-state index contributed by atoms with van der Waals surface area (Å²) in [4.78, 5) is 36.4. The lowest BCUT2D eigenvalue weighted by Crippen LogP contribution is -2.33. The van der Waals surface area contributed by atoms with Crippen LogP contribution in [0.1, 0.15) is 32.1 Å². The zero-order chi connectivity index (χ0) is 26.7. The highest BCUT2D eigenvalue weighted by atomic mass is 16.6. The Bertz CT molecular complexity index is 1360. The van der Waals surface area contributed by atoms with Gasteiger partial charge in [-0.3, -0.25) is 14.9 Å². The second-order valence-corrected chi connectivity index (χ2v) is 8.37. The molecule has 11 heteroatoms. The van der Waals surface area contributed by atoms with E-state index in [1.165, 1.54) is 14.2 Å². The average Bonchev–Trinajstić information content (AvgIpc) is 3.18. The lowest BCUT2D eigenvalue weighted by atomic mass is 10.1. The fourth-order valence-corrected chi connectivity index (χ4v) is 4.19. The third kappa shape index (κ3) is 5.20. The van der Waals surface area contributed by atoms with Crippen molar-refractivity contribution < 1.29 is 38.2 Å². The lowest BCUT2D eigenvalue weighted by molar-refractivity contribution is -0.385. The van der Waals surface area contributed by atoms with Crippen molar-refractivity contribution in [3.8, 4) is 23.0 Å². The average molecular weight is 510 g/mol. The predicted molar refractivity (Wildman–Crippen MR) is 131 cm³/mol. The summed E-state index contributed by atoms with van der Waals surface area (Å²) in [6.45, 7) is 3.88. The van der Waals surface area contributed by atoms with Gasteiger partial charge < -0.3 is 28.3 Å². The Labute approximate surface area is 212 Å². The first-order valence-electron chi connectivity index (χ1n) is 11.4. The number of nitrogens with zero attached hydrogens (tertiary/aromatic N) is 2. The fraction of sp³-hybridized carbons (Fsp3) is 0.308. The Morgan fingerprint density at radius 2 is 1.73 bits per heavy atom. The Morgan fingerprint density at radius 3 is 2.41 bits per heavy atom. The van der Waals surface area contributed by atoms with Crippen LogP contribution < -0.4 is 18.9 Å². The fourth-order valence-electron chi connectivity index (χ4n) is 4.19. The van der Waals surface area contributed by atoms with Crippen LogP contribution in [0, 0.1) is 24.0 Å². The number of hydrogen-bond donors (Lipinski definition) is 0. The number of fused-ring (bicyclic) bond motifs is 1. The van der Waals surface area contributed by atoms with Gasteiger partial charge in [-0.2, -0.15) is 0 Å². The van der Waals surface area contributed by atoms with Gasteiger partial charge in [0.1, 0.15) is 12.2 Å². The number of carbonyl (C=O) groups is 2. The minimum absolute atomic E-state index is 0.0881. The maximum absolute atomic E-state index is 12.9.